The lowest BCUT2D eigenvalue weighted by atomic mass is 10.2. The predicted octanol–water partition coefficient (Wildman–Crippen LogP) is 3.27. The first-order chi connectivity index (χ1) is 13.1. The molecule has 27 heavy (non-hydrogen) atoms. The maximum Gasteiger partial charge on any atom is 0.184 e. The summed E-state index contributed by atoms with van der Waals surface area (Å²) in [5.41, 5.74) is 9.94. The molecule has 0 aromatic heterocycles. The summed E-state index contributed by atoms with van der Waals surface area (Å²) in [7, 11) is 1.60. The average molecular weight is 388 g/mol. The zero-order valence-electron chi connectivity index (χ0n) is 15.6. The molecule has 2 rings (SSSR count). The normalized spacial score (nSPS) is 10.6. The van der Waals surface area contributed by atoms with Crippen LogP contribution in [0.4, 0.5) is 0 Å². The molecule has 0 amide bonds. The van der Waals surface area contributed by atoms with Crippen molar-refractivity contribution in [2.24, 2.45) is 10.8 Å². The van der Waals surface area contributed by atoms with E-state index in [9.17, 15) is 0 Å². The summed E-state index contributed by atoms with van der Waals surface area (Å²) in [6, 6.07) is 13.7. The van der Waals surface area contributed by atoms with Crippen molar-refractivity contribution < 1.29 is 14.2 Å². The number of para-hydroxylation sites is 1. The highest BCUT2D eigenvalue weighted by Gasteiger charge is 2.09. The lowest BCUT2D eigenvalue weighted by Crippen LogP contribution is -2.24. The van der Waals surface area contributed by atoms with E-state index in [0.717, 1.165) is 24.2 Å². The molecular formula is C20H25N3O3S. The van der Waals surface area contributed by atoms with Gasteiger partial charge in [-0.1, -0.05) is 25.1 Å². The summed E-state index contributed by atoms with van der Waals surface area (Å²) in [4.78, 5) is 0. The van der Waals surface area contributed by atoms with Crippen molar-refractivity contribution in [3.63, 3.8) is 0 Å². The number of methoxy groups -OCH3 is 1. The second-order valence-electron chi connectivity index (χ2n) is 5.66. The van der Waals surface area contributed by atoms with Gasteiger partial charge in [0.2, 0.25) is 0 Å². The van der Waals surface area contributed by atoms with Gasteiger partial charge in [-0.15, -0.1) is 0 Å². The van der Waals surface area contributed by atoms with Gasteiger partial charge >= 0.3 is 0 Å². The Morgan fingerprint density at radius 1 is 1.15 bits per heavy atom. The summed E-state index contributed by atoms with van der Waals surface area (Å²) in [6.45, 7) is 3.17. The van der Waals surface area contributed by atoms with E-state index in [1.807, 2.05) is 30.3 Å². The Labute approximate surface area is 165 Å². The lowest BCUT2D eigenvalue weighted by Gasteiger charge is -2.13. The minimum Gasteiger partial charge on any atom is -0.493 e. The summed E-state index contributed by atoms with van der Waals surface area (Å²) >= 11 is 4.73. The van der Waals surface area contributed by atoms with Gasteiger partial charge in [-0.05, 0) is 48.5 Å². The van der Waals surface area contributed by atoms with Crippen LogP contribution in [0.2, 0.25) is 0 Å². The van der Waals surface area contributed by atoms with Gasteiger partial charge in [-0.2, -0.15) is 5.10 Å². The summed E-state index contributed by atoms with van der Waals surface area (Å²) in [6.07, 6.45) is 3.34. The number of nitrogens with two attached hydrogens (primary N) is 1. The van der Waals surface area contributed by atoms with Crippen LogP contribution in [-0.2, 0) is 6.42 Å². The van der Waals surface area contributed by atoms with Crippen LogP contribution in [0.5, 0.6) is 17.2 Å². The van der Waals surface area contributed by atoms with E-state index < -0.39 is 0 Å². The number of hydrogen-bond donors (Lipinski definition) is 2. The SMILES string of the molecule is CCc1ccc(OCCCOc2c(/C=N\NC(N)=S)cccc2OC)cc1. The van der Waals surface area contributed by atoms with Crippen LogP contribution in [0.25, 0.3) is 0 Å². The van der Waals surface area contributed by atoms with Crippen molar-refractivity contribution >= 4 is 23.5 Å². The van der Waals surface area contributed by atoms with Crippen molar-refractivity contribution in [1.29, 1.82) is 0 Å². The van der Waals surface area contributed by atoms with Crippen LogP contribution in [0.1, 0.15) is 24.5 Å². The maximum absolute atomic E-state index is 5.90. The molecule has 0 atom stereocenters. The second-order valence-corrected chi connectivity index (χ2v) is 6.10. The molecule has 0 fully saturated rings. The first-order valence-electron chi connectivity index (χ1n) is 8.74. The number of aryl methyl sites for hydroxylation is 1. The van der Waals surface area contributed by atoms with E-state index in [0.29, 0.717) is 24.7 Å². The Kier molecular flexibility index (Phi) is 8.38. The van der Waals surface area contributed by atoms with Gasteiger partial charge in [0, 0.05) is 12.0 Å². The molecule has 0 aliphatic rings. The number of hydrazone groups is 1. The molecule has 2 aromatic carbocycles. The van der Waals surface area contributed by atoms with Gasteiger partial charge in [-0.25, -0.2) is 0 Å². The minimum atomic E-state index is 0.0979. The van der Waals surface area contributed by atoms with E-state index in [2.05, 4.69) is 29.6 Å². The molecule has 7 heteroatoms. The van der Waals surface area contributed by atoms with Gasteiger partial charge in [0.15, 0.2) is 16.6 Å². The molecule has 2 aromatic rings. The molecule has 0 unspecified atom stereocenters. The Bertz CT molecular complexity index is 764. The van der Waals surface area contributed by atoms with Crippen LogP contribution in [0.3, 0.4) is 0 Å². The number of nitrogens with zero attached hydrogens (tertiary/aromatic N) is 1. The zero-order valence-corrected chi connectivity index (χ0v) is 16.4. The summed E-state index contributed by atoms with van der Waals surface area (Å²) in [5.74, 6) is 2.10. The number of benzene rings is 2. The average Bonchev–Trinajstić information content (AvgIpc) is 2.68. The number of thiocarbonyl (C=S) groups is 1. The molecule has 6 nitrogen and oxygen atoms in total. The number of hydrogen-bond acceptors (Lipinski definition) is 5. The Morgan fingerprint density at radius 3 is 2.56 bits per heavy atom. The third-order valence-electron chi connectivity index (χ3n) is 3.74. The largest absolute Gasteiger partial charge is 0.493 e. The molecular weight excluding hydrogens is 362 g/mol. The lowest BCUT2D eigenvalue weighted by molar-refractivity contribution is 0.240. The van der Waals surface area contributed by atoms with Crippen LogP contribution < -0.4 is 25.4 Å². The van der Waals surface area contributed by atoms with Crippen molar-refractivity contribution in [1.82, 2.24) is 5.43 Å². The van der Waals surface area contributed by atoms with Crippen LogP contribution >= 0.6 is 12.2 Å². The van der Waals surface area contributed by atoms with Gasteiger partial charge in [0.25, 0.3) is 0 Å². The molecule has 3 N–H and O–H groups in total. The summed E-state index contributed by atoms with van der Waals surface area (Å²) in [5, 5.41) is 4.07. The highest BCUT2D eigenvalue weighted by molar-refractivity contribution is 7.80. The molecule has 0 spiro atoms. The number of ether oxygens (including phenoxy) is 3. The summed E-state index contributed by atoms with van der Waals surface area (Å²) < 4.78 is 17.0. The van der Waals surface area contributed by atoms with Gasteiger partial charge in [-0.3, -0.25) is 5.43 Å². The molecule has 0 bridgehead atoms. The fourth-order valence-corrected chi connectivity index (χ4v) is 2.41. The fraction of sp³-hybridized carbons (Fsp3) is 0.300. The number of rotatable bonds is 10. The topological polar surface area (TPSA) is 78.1 Å². The zero-order chi connectivity index (χ0) is 19.5. The highest BCUT2D eigenvalue weighted by atomic mass is 32.1. The smallest absolute Gasteiger partial charge is 0.184 e. The molecule has 0 saturated carbocycles. The van der Waals surface area contributed by atoms with E-state index in [1.165, 1.54) is 5.56 Å². The molecule has 0 saturated heterocycles. The molecule has 0 aliphatic carbocycles. The highest BCUT2D eigenvalue weighted by Crippen LogP contribution is 2.30. The first kappa shape index (κ1) is 20.5. The van der Waals surface area contributed by atoms with E-state index in [1.54, 1.807) is 13.3 Å². The fourth-order valence-electron chi connectivity index (χ4n) is 2.36. The molecule has 0 radical (unpaired) electrons. The van der Waals surface area contributed by atoms with Gasteiger partial charge in [0.1, 0.15) is 5.75 Å². The molecule has 144 valence electrons. The first-order valence-corrected chi connectivity index (χ1v) is 9.15. The van der Waals surface area contributed by atoms with Gasteiger partial charge < -0.3 is 19.9 Å². The maximum atomic E-state index is 5.90. The third kappa shape index (κ3) is 6.79. The standard InChI is InChI=1S/C20H25N3O3S/c1-3-15-8-10-17(11-9-15)25-12-5-13-26-19-16(14-22-23-20(21)27)6-4-7-18(19)24-2/h4,6-11,14H,3,5,12-13H2,1-2H3,(H3,21,23,27)/b22-14-. The van der Waals surface area contributed by atoms with Crippen LogP contribution in [0.15, 0.2) is 47.6 Å². The molecule has 0 heterocycles. The Morgan fingerprint density at radius 2 is 1.89 bits per heavy atom. The quantitative estimate of drug-likeness (QED) is 0.282. The Balaban J connectivity index is 1.88. The Hall–Kier alpha value is -2.80. The second kappa shape index (κ2) is 11.0. The van der Waals surface area contributed by atoms with Crippen LogP contribution in [-0.4, -0.2) is 31.7 Å². The predicted molar refractivity (Wildman–Crippen MR) is 112 cm³/mol. The van der Waals surface area contributed by atoms with Crippen molar-refractivity contribution in [3.05, 3.63) is 53.6 Å². The molecule has 0 aliphatic heterocycles. The van der Waals surface area contributed by atoms with Crippen molar-refractivity contribution in [2.75, 3.05) is 20.3 Å². The minimum absolute atomic E-state index is 0.0979. The van der Waals surface area contributed by atoms with Crippen molar-refractivity contribution in [2.45, 2.75) is 19.8 Å². The van der Waals surface area contributed by atoms with E-state index in [4.69, 9.17) is 32.2 Å². The van der Waals surface area contributed by atoms with E-state index in [-0.39, 0.29) is 5.11 Å². The third-order valence-corrected chi connectivity index (χ3v) is 3.83. The van der Waals surface area contributed by atoms with Gasteiger partial charge in [0.05, 0.1) is 26.5 Å². The van der Waals surface area contributed by atoms with Crippen molar-refractivity contribution in [3.8, 4) is 17.2 Å². The van der Waals surface area contributed by atoms with E-state index >= 15 is 0 Å². The monoisotopic (exact) mass is 387 g/mol. The van der Waals surface area contributed by atoms with Crippen LogP contribution in [0, 0.1) is 0 Å². The number of nitrogens with one attached hydrogen (secondary N) is 1.